The molecule has 0 saturated carbocycles. The molecule has 0 aromatic heterocycles. The van der Waals surface area contributed by atoms with Gasteiger partial charge in [0.2, 0.25) is 5.91 Å². The van der Waals surface area contributed by atoms with Crippen LogP contribution in [0.5, 0.6) is 0 Å². The van der Waals surface area contributed by atoms with Crippen molar-refractivity contribution in [2.24, 2.45) is 5.92 Å². The van der Waals surface area contributed by atoms with Crippen molar-refractivity contribution < 1.29 is 14.3 Å². The van der Waals surface area contributed by atoms with Crippen LogP contribution in [-0.2, 0) is 14.3 Å². The number of nitrogens with one attached hydrogen (secondary N) is 2. The summed E-state index contributed by atoms with van der Waals surface area (Å²) in [6, 6.07) is 0. The molecule has 2 aliphatic rings. The van der Waals surface area contributed by atoms with Gasteiger partial charge in [-0.2, -0.15) is 0 Å². The zero-order valence-electron chi connectivity index (χ0n) is 11.7. The average molecular weight is 270 g/mol. The zero-order valence-corrected chi connectivity index (χ0v) is 11.7. The first-order valence-corrected chi connectivity index (χ1v) is 7.51. The number of carbonyl (C=O) groups excluding carboxylic acids is 1. The molecule has 0 aromatic rings. The first-order valence-electron chi connectivity index (χ1n) is 7.51. The first kappa shape index (κ1) is 14.8. The Morgan fingerprint density at radius 2 is 2.32 bits per heavy atom. The van der Waals surface area contributed by atoms with Gasteiger partial charge in [-0.15, -0.1) is 0 Å². The van der Waals surface area contributed by atoms with Crippen molar-refractivity contribution in [2.45, 2.75) is 38.2 Å². The van der Waals surface area contributed by atoms with Gasteiger partial charge in [-0.05, 0) is 44.7 Å². The largest absolute Gasteiger partial charge is 0.378 e. The van der Waals surface area contributed by atoms with Gasteiger partial charge in [0.1, 0.15) is 0 Å². The van der Waals surface area contributed by atoms with Crippen LogP contribution >= 0.6 is 0 Å². The van der Waals surface area contributed by atoms with Crippen molar-refractivity contribution in [3.8, 4) is 0 Å². The lowest BCUT2D eigenvalue weighted by Crippen LogP contribution is -2.38. The molecule has 0 spiro atoms. The van der Waals surface area contributed by atoms with E-state index in [-0.39, 0.29) is 12.0 Å². The van der Waals surface area contributed by atoms with Crippen LogP contribution in [0.3, 0.4) is 0 Å². The molecule has 110 valence electrons. The van der Waals surface area contributed by atoms with Crippen molar-refractivity contribution in [1.82, 2.24) is 10.6 Å². The topological polar surface area (TPSA) is 59.6 Å². The van der Waals surface area contributed by atoms with E-state index in [1.54, 1.807) is 0 Å². The Morgan fingerprint density at radius 3 is 3.05 bits per heavy atom. The first-order chi connectivity index (χ1) is 9.34. The van der Waals surface area contributed by atoms with Crippen molar-refractivity contribution in [2.75, 3.05) is 39.5 Å². The summed E-state index contributed by atoms with van der Waals surface area (Å²) in [6.45, 7) is 4.90. The Morgan fingerprint density at radius 1 is 1.37 bits per heavy atom. The maximum atomic E-state index is 11.6. The van der Waals surface area contributed by atoms with Crippen molar-refractivity contribution in [3.05, 3.63) is 0 Å². The molecule has 0 aliphatic carbocycles. The van der Waals surface area contributed by atoms with Gasteiger partial charge in [-0.25, -0.2) is 0 Å². The quantitative estimate of drug-likeness (QED) is 0.668. The van der Waals surface area contributed by atoms with E-state index in [2.05, 4.69) is 10.6 Å². The maximum absolute atomic E-state index is 11.6. The van der Waals surface area contributed by atoms with E-state index in [0.29, 0.717) is 25.6 Å². The molecule has 0 bridgehead atoms. The van der Waals surface area contributed by atoms with Crippen LogP contribution in [0.4, 0.5) is 0 Å². The second-order valence-corrected chi connectivity index (χ2v) is 5.48. The lowest BCUT2D eigenvalue weighted by molar-refractivity contribution is -0.122. The second kappa shape index (κ2) is 8.51. The number of hydrogen-bond donors (Lipinski definition) is 2. The Hall–Kier alpha value is -0.650. The van der Waals surface area contributed by atoms with Gasteiger partial charge >= 0.3 is 0 Å². The Kier molecular flexibility index (Phi) is 6.61. The monoisotopic (exact) mass is 270 g/mol. The predicted molar refractivity (Wildman–Crippen MR) is 73.0 cm³/mol. The molecule has 19 heavy (non-hydrogen) atoms. The third-order valence-electron chi connectivity index (χ3n) is 3.79. The summed E-state index contributed by atoms with van der Waals surface area (Å²) in [4.78, 5) is 11.6. The minimum atomic E-state index is 0.0953. The highest BCUT2D eigenvalue weighted by atomic mass is 16.5. The number of amides is 1. The van der Waals surface area contributed by atoms with Gasteiger partial charge in [-0.3, -0.25) is 4.79 Å². The summed E-state index contributed by atoms with van der Waals surface area (Å²) in [7, 11) is 0. The van der Waals surface area contributed by atoms with E-state index < -0.39 is 0 Å². The van der Waals surface area contributed by atoms with Gasteiger partial charge in [0.25, 0.3) is 0 Å². The summed E-state index contributed by atoms with van der Waals surface area (Å²) < 4.78 is 10.9. The molecule has 2 aliphatic heterocycles. The van der Waals surface area contributed by atoms with Crippen molar-refractivity contribution in [3.63, 3.8) is 0 Å². The number of carbonyl (C=O) groups is 1. The molecule has 2 heterocycles. The van der Waals surface area contributed by atoms with E-state index in [9.17, 15) is 4.79 Å². The lowest BCUT2D eigenvalue weighted by Gasteiger charge is -2.22. The Balaban J connectivity index is 1.45. The predicted octanol–water partition coefficient (Wildman–Crippen LogP) is 0.688. The standard InChI is InChI=1S/C14H26N2O3/c17-14(16-10-12-3-1-6-15-9-12)5-8-18-11-13-4-2-7-19-13/h12-13,15H,1-11H2,(H,16,17). The molecule has 5 heteroatoms. The molecule has 2 rings (SSSR count). The Bertz CT molecular complexity index is 261. The van der Waals surface area contributed by atoms with E-state index in [4.69, 9.17) is 9.47 Å². The van der Waals surface area contributed by atoms with Crippen LogP contribution in [-0.4, -0.2) is 51.5 Å². The van der Waals surface area contributed by atoms with Gasteiger partial charge < -0.3 is 20.1 Å². The van der Waals surface area contributed by atoms with E-state index in [1.807, 2.05) is 0 Å². The third kappa shape index (κ3) is 5.89. The fourth-order valence-electron chi connectivity index (χ4n) is 2.60. The summed E-state index contributed by atoms with van der Waals surface area (Å²) in [5.41, 5.74) is 0. The number of hydrogen-bond acceptors (Lipinski definition) is 4. The molecule has 2 fully saturated rings. The maximum Gasteiger partial charge on any atom is 0.222 e. The highest BCUT2D eigenvalue weighted by Gasteiger charge is 2.16. The van der Waals surface area contributed by atoms with E-state index in [0.717, 1.165) is 39.1 Å². The number of ether oxygens (including phenoxy) is 2. The molecule has 1 amide bonds. The van der Waals surface area contributed by atoms with Gasteiger partial charge in [0.15, 0.2) is 0 Å². The molecule has 5 nitrogen and oxygen atoms in total. The van der Waals surface area contributed by atoms with Gasteiger partial charge in [0.05, 0.1) is 19.3 Å². The van der Waals surface area contributed by atoms with Crippen molar-refractivity contribution >= 4 is 5.91 Å². The van der Waals surface area contributed by atoms with Crippen molar-refractivity contribution in [1.29, 1.82) is 0 Å². The smallest absolute Gasteiger partial charge is 0.222 e. The minimum absolute atomic E-state index is 0.0953. The van der Waals surface area contributed by atoms with E-state index in [1.165, 1.54) is 12.8 Å². The SMILES string of the molecule is O=C(CCOCC1CCCO1)NCC1CCCNC1. The fourth-order valence-corrected chi connectivity index (χ4v) is 2.60. The molecule has 2 N–H and O–H groups in total. The average Bonchev–Trinajstić information content (AvgIpc) is 2.96. The van der Waals surface area contributed by atoms with Crippen LogP contribution in [0, 0.1) is 5.92 Å². The number of piperidine rings is 1. The highest BCUT2D eigenvalue weighted by Crippen LogP contribution is 2.12. The number of rotatable bonds is 7. The highest BCUT2D eigenvalue weighted by molar-refractivity contribution is 5.75. The van der Waals surface area contributed by atoms with Crippen LogP contribution < -0.4 is 10.6 Å². The molecule has 0 radical (unpaired) electrons. The molecule has 0 aromatic carbocycles. The molecule has 2 atom stereocenters. The van der Waals surface area contributed by atoms with Crippen LogP contribution in [0.1, 0.15) is 32.1 Å². The minimum Gasteiger partial charge on any atom is -0.378 e. The lowest BCUT2D eigenvalue weighted by atomic mass is 10.00. The van der Waals surface area contributed by atoms with Crippen LogP contribution in [0.25, 0.3) is 0 Å². The van der Waals surface area contributed by atoms with Crippen LogP contribution in [0.2, 0.25) is 0 Å². The third-order valence-corrected chi connectivity index (χ3v) is 3.79. The molecule has 2 saturated heterocycles. The fraction of sp³-hybridized carbons (Fsp3) is 0.929. The summed E-state index contributed by atoms with van der Waals surface area (Å²) in [5.74, 6) is 0.684. The summed E-state index contributed by atoms with van der Waals surface area (Å²) in [5, 5.41) is 6.34. The zero-order chi connectivity index (χ0) is 13.3. The molecular weight excluding hydrogens is 244 g/mol. The second-order valence-electron chi connectivity index (χ2n) is 5.48. The molecule has 2 unspecified atom stereocenters. The summed E-state index contributed by atoms with van der Waals surface area (Å²) >= 11 is 0. The van der Waals surface area contributed by atoms with Crippen LogP contribution in [0.15, 0.2) is 0 Å². The Labute approximate surface area is 115 Å². The van der Waals surface area contributed by atoms with E-state index >= 15 is 0 Å². The van der Waals surface area contributed by atoms with Gasteiger partial charge in [0, 0.05) is 19.6 Å². The summed E-state index contributed by atoms with van der Waals surface area (Å²) in [6.07, 6.45) is 5.34. The normalized spacial score (nSPS) is 27.4. The molecular formula is C14H26N2O3. The van der Waals surface area contributed by atoms with Gasteiger partial charge in [-0.1, -0.05) is 0 Å².